The smallest absolute Gasteiger partial charge is 0.322 e. The molecule has 0 radical (unpaired) electrons. The summed E-state index contributed by atoms with van der Waals surface area (Å²) in [6, 6.07) is 13.5. The maximum absolute atomic E-state index is 12.3. The molecule has 0 saturated heterocycles. The molecular weight excluding hydrogens is 322 g/mol. The van der Waals surface area contributed by atoms with Crippen molar-refractivity contribution in [2.45, 2.75) is 18.7 Å². The Balaban J connectivity index is 1.79. The predicted octanol–water partition coefficient (Wildman–Crippen LogP) is 4.33. The largest absolute Gasteiger partial charge is 0.403 e. The fourth-order valence-corrected chi connectivity index (χ4v) is 2.88. The summed E-state index contributed by atoms with van der Waals surface area (Å²) in [6.07, 6.45) is 2.00. The number of aromatic nitrogens is 2. The van der Waals surface area contributed by atoms with Crippen LogP contribution < -0.4 is 5.32 Å². The topological polar surface area (TPSA) is 68.0 Å². The van der Waals surface area contributed by atoms with Crippen molar-refractivity contribution < 1.29 is 9.21 Å². The Bertz CT molecular complexity index is 869. The van der Waals surface area contributed by atoms with E-state index in [1.165, 1.54) is 0 Å². The third-order valence-corrected chi connectivity index (χ3v) is 4.17. The standard InChI is InChI=1S/C18H17N3O2S/c1-11-7-12(2)9-14(8-11)16(22)19-18-21-20-17(23-18)13-5-4-6-15(10-13)24-3/h4-10H,1-3H3,(H,19,21,22). The van der Waals surface area contributed by atoms with Gasteiger partial charge in [-0.1, -0.05) is 28.4 Å². The number of nitrogens with zero attached hydrogens (tertiary/aromatic N) is 2. The number of hydrogen-bond donors (Lipinski definition) is 1. The molecule has 0 saturated carbocycles. The number of nitrogens with one attached hydrogen (secondary N) is 1. The lowest BCUT2D eigenvalue weighted by Gasteiger charge is -2.04. The third-order valence-electron chi connectivity index (χ3n) is 3.45. The zero-order valence-electron chi connectivity index (χ0n) is 13.7. The fourth-order valence-electron chi connectivity index (χ4n) is 2.42. The summed E-state index contributed by atoms with van der Waals surface area (Å²) in [7, 11) is 0. The van der Waals surface area contributed by atoms with Crippen LogP contribution in [0.1, 0.15) is 21.5 Å². The minimum Gasteiger partial charge on any atom is -0.403 e. The van der Waals surface area contributed by atoms with Crippen LogP contribution in [0.4, 0.5) is 6.01 Å². The second-order valence-electron chi connectivity index (χ2n) is 5.47. The van der Waals surface area contributed by atoms with Crippen LogP contribution in [0, 0.1) is 13.8 Å². The molecule has 122 valence electrons. The third kappa shape index (κ3) is 3.65. The van der Waals surface area contributed by atoms with E-state index in [1.807, 2.05) is 62.6 Å². The van der Waals surface area contributed by atoms with Gasteiger partial charge in [-0.25, -0.2) is 0 Å². The molecule has 6 heteroatoms. The lowest BCUT2D eigenvalue weighted by atomic mass is 10.1. The number of amides is 1. The molecule has 2 aromatic carbocycles. The van der Waals surface area contributed by atoms with E-state index in [0.717, 1.165) is 21.6 Å². The predicted molar refractivity (Wildman–Crippen MR) is 95.4 cm³/mol. The van der Waals surface area contributed by atoms with Gasteiger partial charge in [-0.3, -0.25) is 10.1 Å². The Morgan fingerprint density at radius 3 is 2.54 bits per heavy atom. The number of rotatable bonds is 4. The van der Waals surface area contributed by atoms with Gasteiger partial charge < -0.3 is 4.42 Å². The van der Waals surface area contributed by atoms with Crippen LogP contribution in [0.2, 0.25) is 0 Å². The number of anilines is 1. The van der Waals surface area contributed by atoms with Crippen LogP contribution in [0.3, 0.4) is 0 Å². The highest BCUT2D eigenvalue weighted by Gasteiger charge is 2.13. The Kier molecular flexibility index (Phi) is 4.66. The molecular formula is C18H17N3O2S. The van der Waals surface area contributed by atoms with E-state index in [1.54, 1.807) is 11.8 Å². The van der Waals surface area contributed by atoms with Crippen molar-refractivity contribution in [1.29, 1.82) is 0 Å². The van der Waals surface area contributed by atoms with Gasteiger partial charge in [0.05, 0.1) is 0 Å². The van der Waals surface area contributed by atoms with E-state index in [2.05, 4.69) is 15.5 Å². The van der Waals surface area contributed by atoms with Crippen molar-refractivity contribution in [3.05, 3.63) is 59.2 Å². The lowest BCUT2D eigenvalue weighted by Crippen LogP contribution is -2.12. The van der Waals surface area contributed by atoms with Crippen molar-refractivity contribution in [3.63, 3.8) is 0 Å². The molecule has 3 aromatic rings. The Labute approximate surface area is 144 Å². The average Bonchev–Trinajstić information content (AvgIpc) is 3.02. The van der Waals surface area contributed by atoms with Crippen molar-refractivity contribution in [3.8, 4) is 11.5 Å². The van der Waals surface area contributed by atoms with Gasteiger partial charge in [-0.05, 0) is 50.4 Å². The minimum absolute atomic E-state index is 0.0868. The van der Waals surface area contributed by atoms with E-state index in [0.29, 0.717) is 11.5 Å². The number of carbonyl (C=O) groups excluding carboxylic acids is 1. The highest BCUT2D eigenvalue weighted by atomic mass is 32.2. The van der Waals surface area contributed by atoms with Gasteiger partial charge in [0.15, 0.2) is 0 Å². The summed E-state index contributed by atoms with van der Waals surface area (Å²) in [5, 5.41) is 10.6. The van der Waals surface area contributed by atoms with E-state index < -0.39 is 0 Å². The molecule has 0 atom stereocenters. The number of benzene rings is 2. The summed E-state index contributed by atoms with van der Waals surface area (Å²) in [6.45, 7) is 3.90. The first-order valence-electron chi connectivity index (χ1n) is 7.43. The van der Waals surface area contributed by atoms with Gasteiger partial charge in [0.25, 0.3) is 5.91 Å². The second-order valence-corrected chi connectivity index (χ2v) is 6.35. The fraction of sp³-hybridized carbons (Fsp3) is 0.167. The van der Waals surface area contributed by atoms with Gasteiger partial charge >= 0.3 is 6.01 Å². The molecule has 0 aliphatic heterocycles. The summed E-state index contributed by atoms with van der Waals surface area (Å²) >= 11 is 1.64. The summed E-state index contributed by atoms with van der Waals surface area (Å²) < 4.78 is 5.56. The van der Waals surface area contributed by atoms with Gasteiger partial charge in [0.1, 0.15) is 0 Å². The Hall–Kier alpha value is -2.60. The van der Waals surface area contributed by atoms with E-state index in [4.69, 9.17) is 4.42 Å². The normalized spacial score (nSPS) is 10.6. The first-order chi connectivity index (χ1) is 11.5. The van der Waals surface area contributed by atoms with Gasteiger partial charge in [0, 0.05) is 16.0 Å². The van der Waals surface area contributed by atoms with E-state index in [-0.39, 0.29) is 11.9 Å². The summed E-state index contributed by atoms with van der Waals surface area (Å²) in [5.41, 5.74) is 3.44. The quantitative estimate of drug-likeness (QED) is 0.717. The Morgan fingerprint density at radius 2 is 1.83 bits per heavy atom. The van der Waals surface area contributed by atoms with Crippen LogP contribution in [0.25, 0.3) is 11.5 Å². The zero-order chi connectivity index (χ0) is 17.1. The number of carbonyl (C=O) groups is 1. The highest BCUT2D eigenvalue weighted by molar-refractivity contribution is 7.98. The lowest BCUT2D eigenvalue weighted by molar-refractivity contribution is 0.102. The second kappa shape index (κ2) is 6.88. The van der Waals surface area contributed by atoms with Crippen LogP contribution in [0.5, 0.6) is 0 Å². The zero-order valence-corrected chi connectivity index (χ0v) is 14.5. The Morgan fingerprint density at radius 1 is 1.08 bits per heavy atom. The average molecular weight is 339 g/mol. The number of thioether (sulfide) groups is 1. The molecule has 0 aliphatic rings. The van der Waals surface area contributed by atoms with E-state index >= 15 is 0 Å². The molecule has 0 unspecified atom stereocenters. The molecule has 24 heavy (non-hydrogen) atoms. The SMILES string of the molecule is CSc1cccc(-c2nnc(NC(=O)c3cc(C)cc(C)c3)o2)c1. The first-order valence-corrected chi connectivity index (χ1v) is 8.65. The van der Waals surface area contributed by atoms with Gasteiger partial charge in [-0.15, -0.1) is 16.9 Å². The molecule has 1 N–H and O–H groups in total. The molecule has 5 nitrogen and oxygen atoms in total. The molecule has 3 rings (SSSR count). The minimum atomic E-state index is -0.269. The highest BCUT2D eigenvalue weighted by Crippen LogP contribution is 2.24. The molecule has 1 amide bonds. The number of hydrogen-bond acceptors (Lipinski definition) is 5. The summed E-state index contributed by atoms with van der Waals surface area (Å²) in [5.74, 6) is 0.108. The van der Waals surface area contributed by atoms with Crippen molar-refractivity contribution in [2.24, 2.45) is 0 Å². The molecule has 1 heterocycles. The number of aryl methyl sites for hydroxylation is 2. The molecule has 1 aromatic heterocycles. The van der Waals surface area contributed by atoms with E-state index in [9.17, 15) is 4.79 Å². The molecule has 0 fully saturated rings. The molecule has 0 spiro atoms. The maximum atomic E-state index is 12.3. The monoisotopic (exact) mass is 339 g/mol. The summed E-state index contributed by atoms with van der Waals surface area (Å²) in [4.78, 5) is 13.4. The van der Waals surface area contributed by atoms with Crippen molar-refractivity contribution >= 4 is 23.7 Å². The van der Waals surface area contributed by atoms with Gasteiger partial charge in [0.2, 0.25) is 5.89 Å². The van der Waals surface area contributed by atoms with Crippen molar-refractivity contribution in [2.75, 3.05) is 11.6 Å². The molecule has 0 aliphatic carbocycles. The van der Waals surface area contributed by atoms with Crippen LogP contribution in [0.15, 0.2) is 51.8 Å². The van der Waals surface area contributed by atoms with Crippen LogP contribution >= 0.6 is 11.8 Å². The van der Waals surface area contributed by atoms with Crippen molar-refractivity contribution in [1.82, 2.24) is 10.2 Å². The first kappa shape index (κ1) is 16.3. The molecule has 0 bridgehead atoms. The van der Waals surface area contributed by atoms with Crippen LogP contribution in [-0.2, 0) is 0 Å². The van der Waals surface area contributed by atoms with Crippen LogP contribution in [-0.4, -0.2) is 22.4 Å². The van der Waals surface area contributed by atoms with Gasteiger partial charge in [-0.2, -0.15) is 0 Å². The maximum Gasteiger partial charge on any atom is 0.322 e.